The minimum Gasteiger partial charge on any atom is -0.247 e. The Labute approximate surface area is 130 Å². The summed E-state index contributed by atoms with van der Waals surface area (Å²) in [6.45, 7) is 17.1. The lowest BCUT2D eigenvalue weighted by Gasteiger charge is -2.21. The molecular formula is C16H25N3O3. The number of hydrogen-bond donors (Lipinski definition) is 0. The molecule has 6 nitrogen and oxygen atoms in total. The first-order chi connectivity index (χ1) is 9.94. The molecule has 0 bridgehead atoms. The van der Waals surface area contributed by atoms with Gasteiger partial charge >= 0.3 is 17.1 Å². The van der Waals surface area contributed by atoms with E-state index in [1.807, 2.05) is 20.8 Å². The summed E-state index contributed by atoms with van der Waals surface area (Å²) in [5.41, 5.74) is -0.734. The van der Waals surface area contributed by atoms with Crippen molar-refractivity contribution in [2.45, 2.75) is 54.3 Å². The largest absolute Gasteiger partial charge is 0.336 e. The highest BCUT2D eigenvalue weighted by Gasteiger charge is 2.20. The third-order valence-electron chi connectivity index (χ3n) is 2.87. The van der Waals surface area contributed by atoms with E-state index in [-0.39, 0.29) is 25.0 Å². The molecule has 0 aliphatic carbocycles. The predicted octanol–water partition coefficient (Wildman–Crippen LogP) is 1.37. The smallest absolute Gasteiger partial charge is 0.247 e. The Kier molecular flexibility index (Phi) is 5.17. The van der Waals surface area contributed by atoms with Gasteiger partial charge in [-0.15, -0.1) is 0 Å². The van der Waals surface area contributed by atoms with Crippen LogP contribution in [0.15, 0.2) is 38.7 Å². The number of hydrogen-bond acceptors (Lipinski definition) is 3. The van der Waals surface area contributed by atoms with Gasteiger partial charge in [-0.2, -0.15) is 0 Å². The van der Waals surface area contributed by atoms with Gasteiger partial charge in [-0.05, 0) is 19.3 Å². The molecule has 0 saturated heterocycles. The number of allylic oxidation sites excluding steroid dienone is 2. The SMILES string of the molecule is C=C(C)Cn1c(=O)n(CC(=C)C)c(=O)n(CC(C)(C)C)c1=O. The number of aromatic nitrogens is 3. The van der Waals surface area contributed by atoms with E-state index in [1.165, 1.54) is 0 Å². The molecule has 0 aromatic carbocycles. The monoisotopic (exact) mass is 307 g/mol. The quantitative estimate of drug-likeness (QED) is 0.772. The highest BCUT2D eigenvalue weighted by atomic mass is 16.2. The normalized spacial score (nSPS) is 11.5. The fourth-order valence-electron chi connectivity index (χ4n) is 2.10. The predicted molar refractivity (Wildman–Crippen MR) is 88.3 cm³/mol. The maximum atomic E-state index is 12.5. The number of nitrogens with zero attached hydrogens (tertiary/aromatic N) is 3. The summed E-state index contributed by atoms with van der Waals surface area (Å²) in [7, 11) is 0. The van der Waals surface area contributed by atoms with Crippen molar-refractivity contribution in [2.75, 3.05) is 0 Å². The summed E-state index contributed by atoms with van der Waals surface area (Å²) in [5, 5.41) is 0. The highest BCUT2D eigenvalue weighted by Crippen LogP contribution is 2.13. The van der Waals surface area contributed by atoms with Gasteiger partial charge in [0, 0.05) is 6.54 Å². The fourth-order valence-corrected chi connectivity index (χ4v) is 2.10. The highest BCUT2D eigenvalue weighted by molar-refractivity contribution is 4.94. The van der Waals surface area contributed by atoms with E-state index in [0.29, 0.717) is 11.1 Å². The van der Waals surface area contributed by atoms with Crippen LogP contribution in [0.5, 0.6) is 0 Å². The third kappa shape index (κ3) is 4.19. The van der Waals surface area contributed by atoms with E-state index in [4.69, 9.17) is 0 Å². The zero-order valence-electron chi connectivity index (χ0n) is 14.1. The molecule has 0 unspecified atom stereocenters. The van der Waals surface area contributed by atoms with Gasteiger partial charge in [-0.3, -0.25) is 0 Å². The molecule has 6 heteroatoms. The van der Waals surface area contributed by atoms with Crippen molar-refractivity contribution in [1.82, 2.24) is 13.7 Å². The van der Waals surface area contributed by atoms with Gasteiger partial charge in [0.05, 0.1) is 13.1 Å². The van der Waals surface area contributed by atoms with E-state index in [0.717, 1.165) is 13.7 Å². The molecule has 0 spiro atoms. The van der Waals surface area contributed by atoms with Gasteiger partial charge in [-0.1, -0.05) is 45.1 Å². The lowest BCUT2D eigenvalue weighted by atomic mass is 9.97. The van der Waals surface area contributed by atoms with Crippen LogP contribution in [-0.4, -0.2) is 13.7 Å². The second-order valence-electron chi connectivity index (χ2n) is 7.08. The van der Waals surface area contributed by atoms with Crippen LogP contribution >= 0.6 is 0 Å². The Morgan fingerprint density at radius 1 is 0.818 bits per heavy atom. The second-order valence-corrected chi connectivity index (χ2v) is 7.08. The zero-order chi connectivity index (χ0) is 17.2. The molecule has 0 amide bonds. The van der Waals surface area contributed by atoms with Crippen LogP contribution in [-0.2, 0) is 19.6 Å². The first kappa shape index (κ1) is 17.9. The Morgan fingerprint density at radius 2 is 1.14 bits per heavy atom. The maximum Gasteiger partial charge on any atom is 0.336 e. The van der Waals surface area contributed by atoms with Crippen molar-refractivity contribution in [3.8, 4) is 0 Å². The second kappa shape index (κ2) is 6.34. The fraction of sp³-hybridized carbons (Fsp3) is 0.562. The first-order valence-corrected chi connectivity index (χ1v) is 7.17. The molecule has 1 heterocycles. The molecule has 1 aromatic heterocycles. The molecule has 0 aliphatic rings. The lowest BCUT2D eigenvalue weighted by molar-refractivity contribution is 0.311. The molecular weight excluding hydrogens is 282 g/mol. The third-order valence-corrected chi connectivity index (χ3v) is 2.87. The molecule has 1 rings (SSSR count). The molecule has 0 N–H and O–H groups in total. The van der Waals surface area contributed by atoms with E-state index in [2.05, 4.69) is 13.2 Å². The molecule has 0 atom stereocenters. The van der Waals surface area contributed by atoms with Gasteiger partial charge in [0.2, 0.25) is 0 Å². The molecule has 0 radical (unpaired) electrons. The molecule has 0 fully saturated rings. The Hall–Kier alpha value is -2.11. The average molecular weight is 307 g/mol. The van der Waals surface area contributed by atoms with E-state index >= 15 is 0 Å². The van der Waals surface area contributed by atoms with Crippen molar-refractivity contribution >= 4 is 0 Å². The van der Waals surface area contributed by atoms with Crippen molar-refractivity contribution in [3.05, 3.63) is 55.8 Å². The number of rotatable bonds is 5. The van der Waals surface area contributed by atoms with Gasteiger partial charge < -0.3 is 0 Å². The minimum absolute atomic E-state index is 0.0955. The van der Waals surface area contributed by atoms with Gasteiger partial charge in [0.15, 0.2) is 0 Å². The zero-order valence-corrected chi connectivity index (χ0v) is 14.1. The van der Waals surface area contributed by atoms with Crippen molar-refractivity contribution in [1.29, 1.82) is 0 Å². The van der Waals surface area contributed by atoms with Crippen LogP contribution in [0, 0.1) is 5.41 Å². The summed E-state index contributed by atoms with van der Waals surface area (Å²) in [5.74, 6) is 0. The molecule has 1 aromatic rings. The van der Waals surface area contributed by atoms with Crippen molar-refractivity contribution in [3.63, 3.8) is 0 Å². The summed E-state index contributed by atoms with van der Waals surface area (Å²) >= 11 is 0. The van der Waals surface area contributed by atoms with Crippen LogP contribution in [0.25, 0.3) is 0 Å². The van der Waals surface area contributed by atoms with E-state index < -0.39 is 17.1 Å². The Balaban J connectivity index is 3.73. The standard InChI is InChI=1S/C16H25N3O3/c1-11(2)8-17-13(20)18(9-12(3)4)15(22)19(14(17)21)10-16(5,6)7/h1,3,8-10H2,2,4-7H3. The van der Waals surface area contributed by atoms with Crippen molar-refractivity contribution < 1.29 is 0 Å². The lowest BCUT2D eigenvalue weighted by Crippen LogP contribution is -2.55. The van der Waals surface area contributed by atoms with E-state index in [1.54, 1.807) is 13.8 Å². The van der Waals surface area contributed by atoms with Gasteiger partial charge in [0.1, 0.15) is 0 Å². The minimum atomic E-state index is -0.619. The molecule has 22 heavy (non-hydrogen) atoms. The van der Waals surface area contributed by atoms with Crippen LogP contribution in [0.2, 0.25) is 0 Å². The summed E-state index contributed by atoms with van der Waals surface area (Å²) < 4.78 is 3.23. The first-order valence-electron chi connectivity index (χ1n) is 7.17. The summed E-state index contributed by atoms with van der Waals surface area (Å²) in [6.07, 6.45) is 0. The van der Waals surface area contributed by atoms with Crippen LogP contribution in [0.1, 0.15) is 34.6 Å². The molecule has 122 valence electrons. The molecule has 0 aliphatic heterocycles. The maximum absolute atomic E-state index is 12.5. The summed E-state index contributed by atoms with van der Waals surface area (Å²) in [4.78, 5) is 37.5. The van der Waals surface area contributed by atoms with Gasteiger partial charge in [-0.25, -0.2) is 28.1 Å². The van der Waals surface area contributed by atoms with Gasteiger partial charge in [0.25, 0.3) is 0 Å². The Bertz CT molecular complexity index is 716. The van der Waals surface area contributed by atoms with Crippen LogP contribution in [0.4, 0.5) is 0 Å². The molecule has 0 saturated carbocycles. The Morgan fingerprint density at radius 3 is 1.41 bits per heavy atom. The average Bonchev–Trinajstić information content (AvgIpc) is 2.34. The topological polar surface area (TPSA) is 66.0 Å². The van der Waals surface area contributed by atoms with Crippen LogP contribution in [0.3, 0.4) is 0 Å². The summed E-state index contributed by atoms with van der Waals surface area (Å²) in [6, 6.07) is 0. The van der Waals surface area contributed by atoms with Crippen molar-refractivity contribution in [2.24, 2.45) is 5.41 Å². The van der Waals surface area contributed by atoms with E-state index in [9.17, 15) is 14.4 Å². The van der Waals surface area contributed by atoms with Crippen LogP contribution < -0.4 is 17.1 Å².